The van der Waals surface area contributed by atoms with Crippen molar-refractivity contribution in [3.05, 3.63) is 41.2 Å². The Morgan fingerprint density at radius 3 is 2.89 bits per heavy atom. The normalized spacial score (nSPS) is 30.6. The van der Waals surface area contributed by atoms with E-state index in [2.05, 4.69) is 42.1 Å². The summed E-state index contributed by atoms with van der Waals surface area (Å²) >= 11 is 0. The summed E-state index contributed by atoms with van der Waals surface area (Å²) < 4.78 is 10.9. The fourth-order valence-corrected chi connectivity index (χ4v) is 6.22. The molecule has 1 unspecified atom stereocenters. The molecule has 2 aromatic rings. The minimum atomic E-state index is -0.663. The van der Waals surface area contributed by atoms with E-state index < -0.39 is 5.41 Å². The van der Waals surface area contributed by atoms with Gasteiger partial charge in [0.2, 0.25) is 0 Å². The van der Waals surface area contributed by atoms with Crippen LogP contribution in [0.1, 0.15) is 37.9 Å². The molecule has 5 heteroatoms. The number of nitrogens with zero attached hydrogens (tertiary/aromatic N) is 1. The fraction of sp³-hybridized carbons (Fsp3) is 0.522. The molecule has 6 rings (SSSR count). The lowest BCUT2D eigenvalue weighted by atomic mass is 9.56. The van der Waals surface area contributed by atoms with Gasteiger partial charge in [0.15, 0.2) is 0 Å². The van der Waals surface area contributed by atoms with Gasteiger partial charge in [-0.3, -0.25) is 4.79 Å². The Hall–Kier alpha value is -2.43. The van der Waals surface area contributed by atoms with Crippen LogP contribution in [0.2, 0.25) is 0 Å². The van der Waals surface area contributed by atoms with Crippen molar-refractivity contribution in [2.24, 2.45) is 11.8 Å². The molecule has 4 aliphatic rings. The number of hydrogen-bond acceptors (Lipinski definition) is 4. The van der Waals surface area contributed by atoms with E-state index in [9.17, 15) is 4.79 Å². The van der Waals surface area contributed by atoms with Crippen molar-refractivity contribution < 1.29 is 14.3 Å². The Bertz CT molecular complexity index is 991. The maximum absolute atomic E-state index is 13.5. The summed E-state index contributed by atoms with van der Waals surface area (Å²) in [6.07, 6.45) is 5.04. The highest BCUT2D eigenvalue weighted by Crippen LogP contribution is 2.56. The van der Waals surface area contributed by atoms with Crippen LogP contribution >= 0.6 is 0 Å². The Morgan fingerprint density at radius 1 is 1.36 bits per heavy atom. The van der Waals surface area contributed by atoms with Gasteiger partial charge >= 0.3 is 5.97 Å². The largest absolute Gasteiger partial charge is 0.497 e. The maximum atomic E-state index is 13.5. The summed E-state index contributed by atoms with van der Waals surface area (Å²) in [5.41, 5.74) is 4.09. The van der Waals surface area contributed by atoms with Crippen LogP contribution in [-0.4, -0.2) is 42.7 Å². The van der Waals surface area contributed by atoms with E-state index in [-0.39, 0.29) is 12.0 Å². The lowest BCUT2D eigenvalue weighted by molar-refractivity contribution is -0.154. The number of nitrogens with one attached hydrogen (secondary N) is 1. The molecule has 1 aromatic heterocycles. The molecule has 0 saturated heterocycles. The minimum absolute atomic E-state index is 0.111. The van der Waals surface area contributed by atoms with E-state index in [4.69, 9.17) is 9.47 Å². The van der Waals surface area contributed by atoms with E-state index >= 15 is 0 Å². The predicted octanol–water partition coefficient (Wildman–Crippen LogP) is 3.78. The van der Waals surface area contributed by atoms with Gasteiger partial charge in [0.1, 0.15) is 11.2 Å². The molecule has 1 aromatic carbocycles. The van der Waals surface area contributed by atoms with Gasteiger partial charge in [0.05, 0.1) is 20.3 Å². The van der Waals surface area contributed by atoms with Gasteiger partial charge in [0, 0.05) is 23.1 Å². The SMILES string of the molecule is CC[C@@H]1C2N3C=C(C[C@@]2(C(=O)OC)c2[nH]c4ccc(OC)cc4c2CC3)[C@@H]1C. The third-order valence-electron chi connectivity index (χ3n) is 7.51. The second-order valence-corrected chi connectivity index (χ2v) is 8.53. The molecule has 1 fully saturated rings. The number of ether oxygens (including phenoxy) is 2. The zero-order chi connectivity index (χ0) is 19.6. The van der Waals surface area contributed by atoms with Crippen LogP contribution in [0, 0.1) is 11.8 Å². The minimum Gasteiger partial charge on any atom is -0.497 e. The molecule has 1 saturated carbocycles. The molecule has 0 spiro atoms. The number of H-pyrrole nitrogens is 1. The highest BCUT2D eigenvalue weighted by Gasteiger charge is 2.62. The predicted molar refractivity (Wildman–Crippen MR) is 108 cm³/mol. The summed E-state index contributed by atoms with van der Waals surface area (Å²) in [6, 6.07) is 6.26. The first-order valence-corrected chi connectivity index (χ1v) is 10.3. The average Bonchev–Trinajstić information content (AvgIpc) is 3.06. The van der Waals surface area contributed by atoms with E-state index in [1.165, 1.54) is 18.2 Å². The van der Waals surface area contributed by atoms with Crippen LogP contribution in [0.15, 0.2) is 30.0 Å². The zero-order valence-electron chi connectivity index (χ0n) is 17.0. The van der Waals surface area contributed by atoms with Gasteiger partial charge in [-0.1, -0.05) is 20.3 Å². The van der Waals surface area contributed by atoms with Crippen LogP contribution < -0.4 is 4.74 Å². The zero-order valence-corrected chi connectivity index (χ0v) is 17.0. The van der Waals surface area contributed by atoms with Crippen molar-refractivity contribution in [3.8, 4) is 5.75 Å². The van der Waals surface area contributed by atoms with Crippen molar-refractivity contribution >= 4 is 16.9 Å². The Labute approximate surface area is 165 Å². The summed E-state index contributed by atoms with van der Waals surface area (Å²) in [7, 11) is 3.22. The van der Waals surface area contributed by atoms with Crippen molar-refractivity contribution in [2.75, 3.05) is 20.8 Å². The monoisotopic (exact) mass is 380 g/mol. The topological polar surface area (TPSA) is 54.6 Å². The first kappa shape index (κ1) is 17.7. The number of aromatic nitrogens is 1. The summed E-state index contributed by atoms with van der Waals surface area (Å²) in [6.45, 7) is 5.49. The number of carbonyl (C=O) groups excluding carboxylic acids is 1. The molecule has 1 aliphatic carbocycles. The van der Waals surface area contributed by atoms with Crippen LogP contribution in [0.5, 0.6) is 5.75 Å². The molecule has 4 bridgehead atoms. The average molecular weight is 380 g/mol. The third-order valence-corrected chi connectivity index (χ3v) is 7.51. The summed E-state index contributed by atoms with van der Waals surface area (Å²) in [5.74, 6) is 1.69. The second-order valence-electron chi connectivity index (χ2n) is 8.53. The highest BCUT2D eigenvalue weighted by atomic mass is 16.5. The number of allylic oxidation sites excluding steroid dienone is 1. The van der Waals surface area contributed by atoms with Gasteiger partial charge in [-0.15, -0.1) is 0 Å². The van der Waals surface area contributed by atoms with Gasteiger partial charge in [0.25, 0.3) is 0 Å². The van der Waals surface area contributed by atoms with Gasteiger partial charge in [-0.2, -0.15) is 0 Å². The number of esters is 1. The third kappa shape index (κ3) is 2.05. The molecular formula is C23H28N2O3. The summed E-state index contributed by atoms with van der Waals surface area (Å²) in [4.78, 5) is 19.5. The second kappa shape index (κ2) is 6.03. The number of aromatic amines is 1. The van der Waals surface area contributed by atoms with Gasteiger partial charge in [-0.05, 0) is 60.2 Å². The van der Waals surface area contributed by atoms with Gasteiger partial charge in [-0.25, -0.2) is 0 Å². The van der Waals surface area contributed by atoms with E-state index in [0.29, 0.717) is 11.8 Å². The van der Waals surface area contributed by atoms with E-state index in [1.54, 1.807) is 7.11 Å². The molecule has 0 radical (unpaired) electrons. The number of benzene rings is 1. The van der Waals surface area contributed by atoms with Crippen molar-refractivity contribution in [1.29, 1.82) is 0 Å². The van der Waals surface area contributed by atoms with Crippen molar-refractivity contribution in [1.82, 2.24) is 9.88 Å². The number of fused-ring (bicyclic) bond motifs is 4. The number of hydrogen-bond donors (Lipinski definition) is 1. The lowest BCUT2D eigenvalue weighted by Crippen LogP contribution is -2.64. The Morgan fingerprint density at radius 2 is 2.18 bits per heavy atom. The lowest BCUT2D eigenvalue weighted by Gasteiger charge is -2.56. The first-order chi connectivity index (χ1) is 13.5. The molecular weight excluding hydrogens is 352 g/mol. The number of rotatable bonds is 3. The molecule has 3 aliphatic heterocycles. The van der Waals surface area contributed by atoms with Crippen molar-refractivity contribution in [2.45, 2.75) is 44.6 Å². The highest BCUT2D eigenvalue weighted by molar-refractivity contribution is 5.92. The Balaban J connectivity index is 1.81. The fourth-order valence-electron chi connectivity index (χ4n) is 6.22. The quantitative estimate of drug-likeness (QED) is 0.824. The van der Waals surface area contributed by atoms with Crippen molar-refractivity contribution in [3.63, 3.8) is 0 Å². The van der Waals surface area contributed by atoms with Crippen LogP contribution in [-0.2, 0) is 21.4 Å². The molecule has 4 atom stereocenters. The van der Waals surface area contributed by atoms with Gasteiger partial charge < -0.3 is 19.4 Å². The standard InChI is InChI=1S/C23H28N2O3/c1-5-16-13(2)14-11-23(22(26)28-4)20-17(8-9-25(12-14)21(16)23)18-10-15(27-3)6-7-19(18)24-20/h6-7,10,12-13,16,21,24H,5,8-9,11H2,1-4H3/t13-,16-,21?,23+/m0/s1. The summed E-state index contributed by atoms with van der Waals surface area (Å²) in [5, 5.41) is 1.16. The smallest absolute Gasteiger partial charge is 0.320 e. The number of methoxy groups -OCH3 is 2. The molecule has 148 valence electrons. The van der Waals surface area contributed by atoms with Crippen LogP contribution in [0.4, 0.5) is 0 Å². The molecule has 4 heterocycles. The van der Waals surface area contributed by atoms with Crippen LogP contribution in [0.3, 0.4) is 0 Å². The molecule has 5 nitrogen and oxygen atoms in total. The molecule has 0 amide bonds. The Kier molecular flexibility index (Phi) is 3.80. The van der Waals surface area contributed by atoms with E-state index in [1.807, 2.05) is 6.07 Å². The number of carbonyl (C=O) groups is 1. The first-order valence-electron chi connectivity index (χ1n) is 10.3. The molecule has 28 heavy (non-hydrogen) atoms. The maximum Gasteiger partial charge on any atom is 0.320 e. The molecule has 1 N–H and O–H groups in total. The van der Waals surface area contributed by atoms with Crippen LogP contribution in [0.25, 0.3) is 10.9 Å². The van der Waals surface area contributed by atoms with E-state index in [0.717, 1.165) is 48.2 Å².